The van der Waals surface area contributed by atoms with Crippen molar-refractivity contribution < 1.29 is 9.32 Å². The average molecular weight is 290 g/mol. The number of carbonyl (C=O) groups is 1. The lowest BCUT2D eigenvalue weighted by Crippen LogP contribution is -2.42. The van der Waals surface area contributed by atoms with Gasteiger partial charge in [-0.25, -0.2) is 0 Å². The van der Waals surface area contributed by atoms with Crippen molar-refractivity contribution in [2.45, 2.75) is 46.6 Å². The van der Waals surface area contributed by atoms with Crippen LogP contribution in [0.2, 0.25) is 0 Å². The minimum absolute atomic E-state index is 0. The van der Waals surface area contributed by atoms with Crippen LogP contribution in [0.4, 0.5) is 0 Å². The highest BCUT2D eigenvalue weighted by Crippen LogP contribution is 2.12. The summed E-state index contributed by atoms with van der Waals surface area (Å²) in [6.07, 6.45) is 1.43. The molecule has 0 aliphatic carbocycles. The summed E-state index contributed by atoms with van der Waals surface area (Å²) < 4.78 is 5.07. The highest BCUT2D eigenvalue weighted by molar-refractivity contribution is 5.85. The van der Waals surface area contributed by atoms with E-state index in [9.17, 15) is 4.79 Å². The number of halogens is 1. The molecule has 5 nitrogen and oxygen atoms in total. The third kappa shape index (κ3) is 5.61. The van der Waals surface area contributed by atoms with E-state index in [0.29, 0.717) is 18.9 Å². The number of rotatable bonds is 6. The van der Waals surface area contributed by atoms with E-state index in [4.69, 9.17) is 10.3 Å². The Bertz CT molecular complexity index is 385. The molecule has 0 aromatic carbocycles. The van der Waals surface area contributed by atoms with Gasteiger partial charge in [-0.1, -0.05) is 19.0 Å². The number of nitrogens with one attached hydrogen (secondary N) is 1. The van der Waals surface area contributed by atoms with E-state index in [1.807, 2.05) is 13.8 Å². The molecule has 1 aromatic heterocycles. The molecule has 1 rings (SSSR count). The normalized spacial score (nSPS) is 12.1. The fourth-order valence-corrected chi connectivity index (χ4v) is 1.92. The van der Waals surface area contributed by atoms with Crippen molar-refractivity contribution in [1.82, 2.24) is 10.5 Å². The molecule has 0 aliphatic heterocycles. The Balaban J connectivity index is 0.00000324. The van der Waals surface area contributed by atoms with Crippen molar-refractivity contribution in [3.63, 3.8) is 0 Å². The molecule has 0 saturated carbocycles. The predicted octanol–water partition coefficient (Wildman–Crippen LogP) is 1.75. The molecule has 6 heteroatoms. The molecule has 0 unspecified atom stereocenters. The van der Waals surface area contributed by atoms with Crippen LogP contribution in [0.25, 0.3) is 0 Å². The maximum absolute atomic E-state index is 11.7. The molecule has 110 valence electrons. The summed E-state index contributed by atoms with van der Waals surface area (Å²) >= 11 is 0. The zero-order valence-electron chi connectivity index (χ0n) is 12.0. The second-order valence-corrected chi connectivity index (χ2v) is 5.08. The predicted molar refractivity (Wildman–Crippen MR) is 77.4 cm³/mol. The van der Waals surface area contributed by atoms with Gasteiger partial charge in [0.15, 0.2) is 0 Å². The lowest BCUT2D eigenvalue weighted by molar-refractivity contribution is -0.122. The van der Waals surface area contributed by atoms with E-state index < -0.39 is 6.04 Å². The molecule has 0 spiro atoms. The van der Waals surface area contributed by atoms with E-state index in [2.05, 4.69) is 24.3 Å². The van der Waals surface area contributed by atoms with Crippen LogP contribution in [0.3, 0.4) is 0 Å². The van der Waals surface area contributed by atoms with Crippen LogP contribution in [0, 0.1) is 19.8 Å². The van der Waals surface area contributed by atoms with E-state index in [1.165, 1.54) is 0 Å². The highest BCUT2D eigenvalue weighted by atomic mass is 35.5. The number of carbonyl (C=O) groups excluding carboxylic acids is 1. The molecule has 0 radical (unpaired) electrons. The van der Waals surface area contributed by atoms with Crippen molar-refractivity contribution >= 4 is 18.3 Å². The standard InChI is InChI=1S/C13H23N3O2.ClH/c1-8(2)7-12(14)13(17)15-6-5-11-9(3)16-18-10(11)4;/h8,12H,5-7,14H2,1-4H3,(H,15,17);1H/t12-;/m0./s1. The van der Waals surface area contributed by atoms with Gasteiger partial charge in [0.1, 0.15) is 5.76 Å². The number of hydrogen-bond acceptors (Lipinski definition) is 4. The number of amides is 1. The smallest absolute Gasteiger partial charge is 0.236 e. The molecular formula is C13H24ClN3O2. The molecule has 1 aromatic rings. The van der Waals surface area contributed by atoms with Crippen molar-refractivity contribution in [1.29, 1.82) is 0 Å². The van der Waals surface area contributed by atoms with Crippen LogP contribution in [0.15, 0.2) is 4.52 Å². The van der Waals surface area contributed by atoms with Crippen LogP contribution < -0.4 is 11.1 Å². The quantitative estimate of drug-likeness (QED) is 0.836. The first-order valence-electron chi connectivity index (χ1n) is 6.36. The monoisotopic (exact) mass is 289 g/mol. The van der Waals surface area contributed by atoms with Gasteiger partial charge in [0.05, 0.1) is 11.7 Å². The minimum Gasteiger partial charge on any atom is -0.361 e. The number of aryl methyl sites for hydroxylation is 2. The Labute approximate surface area is 120 Å². The zero-order chi connectivity index (χ0) is 13.7. The summed E-state index contributed by atoms with van der Waals surface area (Å²) in [4.78, 5) is 11.7. The molecule has 0 bridgehead atoms. The molecule has 3 N–H and O–H groups in total. The summed E-state index contributed by atoms with van der Waals surface area (Å²) in [6, 6.07) is -0.422. The van der Waals surface area contributed by atoms with Gasteiger partial charge in [-0.3, -0.25) is 4.79 Å². The number of nitrogens with zero attached hydrogens (tertiary/aromatic N) is 1. The Kier molecular flexibility index (Phi) is 7.71. The van der Waals surface area contributed by atoms with Gasteiger partial charge in [-0.15, -0.1) is 12.4 Å². The maximum atomic E-state index is 11.7. The SMILES string of the molecule is Cc1noc(C)c1CCNC(=O)[C@@H](N)CC(C)C.Cl. The van der Waals surface area contributed by atoms with Gasteiger partial charge in [-0.05, 0) is 32.6 Å². The van der Waals surface area contributed by atoms with Crippen LogP contribution in [0.1, 0.15) is 37.3 Å². The molecule has 1 amide bonds. The fourth-order valence-electron chi connectivity index (χ4n) is 1.92. The maximum Gasteiger partial charge on any atom is 0.236 e. The van der Waals surface area contributed by atoms with Crippen molar-refractivity contribution in [3.05, 3.63) is 17.0 Å². The summed E-state index contributed by atoms with van der Waals surface area (Å²) in [7, 11) is 0. The Morgan fingerprint density at radius 1 is 1.42 bits per heavy atom. The molecule has 0 saturated heterocycles. The van der Waals surface area contributed by atoms with Crippen molar-refractivity contribution in [2.24, 2.45) is 11.7 Å². The summed E-state index contributed by atoms with van der Waals surface area (Å²) in [5, 5.41) is 6.72. The third-order valence-corrected chi connectivity index (χ3v) is 2.92. The second-order valence-electron chi connectivity index (χ2n) is 5.08. The van der Waals surface area contributed by atoms with Crippen LogP contribution in [-0.4, -0.2) is 23.7 Å². The zero-order valence-corrected chi connectivity index (χ0v) is 12.8. The molecule has 1 atom stereocenters. The molecule has 19 heavy (non-hydrogen) atoms. The first kappa shape index (κ1) is 17.9. The minimum atomic E-state index is -0.422. The van der Waals surface area contributed by atoms with Gasteiger partial charge >= 0.3 is 0 Å². The lowest BCUT2D eigenvalue weighted by Gasteiger charge is -2.13. The first-order valence-corrected chi connectivity index (χ1v) is 6.36. The molecule has 1 heterocycles. The van der Waals surface area contributed by atoms with E-state index >= 15 is 0 Å². The second kappa shape index (κ2) is 8.17. The lowest BCUT2D eigenvalue weighted by atomic mass is 10.0. The summed E-state index contributed by atoms with van der Waals surface area (Å²) in [5.41, 5.74) is 7.74. The van der Waals surface area contributed by atoms with Gasteiger partial charge < -0.3 is 15.6 Å². The third-order valence-electron chi connectivity index (χ3n) is 2.92. The highest BCUT2D eigenvalue weighted by Gasteiger charge is 2.15. The van der Waals surface area contributed by atoms with Crippen LogP contribution in [-0.2, 0) is 11.2 Å². The Hall–Kier alpha value is -1.07. The van der Waals surface area contributed by atoms with E-state index in [-0.39, 0.29) is 18.3 Å². The van der Waals surface area contributed by atoms with Crippen LogP contribution >= 0.6 is 12.4 Å². The fraction of sp³-hybridized carbons (Fsp3) is 0.692. The average Bonchev–Trinajstić information content (AvgIpc) is 2.59. The van der Waals surface area contributed by atoms with E-state index in [0.717, 1.165) is 23.4 Å². The Morgan fingerprint density at radius 3 is 2.53 bits per heavy atom. The number of aromatic nitrogens is 1. The van der Waals surface area contributed by atoms with Crippen molar-refractivity contribution in [3.8, 4) is 0 Å². The summed E-state index contributed by atoms with van der Waals surface area (Å²) in [5.74, 6) is 1.15. The Morgan fingerprint density at radius 2 is 2.05 bits per heavy atom. The molecular weight excluding hydrogens is 266 g/mol. The molecule has 0 fully saturated rings. The largest absolute Gasteiger partial charge is 0.361 e. The number of hydrogen-bond donors (Lipinski definition) is 2. The van der Waals surface area contributed by atoms with E-state index in [1.54, 1.807) is 0 Å². The van der Waals surface area contributed by atoms with Gasteiger partial charge in [-0.2, -0.15) is 0 Å². The summed E-state index contributed by atoms with van der Waals surface area (Å²) in [6.45, 7) is 8.45. The van der Waals surface area contributed by atoms with Gasteiger partial charge in [0, 0.05) is 12.1 Å². The first-order chi connectivity index (χ1) is 8.41. The van der Waals surface area contributed by atoms with Gasteiger partial charge in [0.2, 0.25) is 5.91 Å². The van der Waals surface area contributed by atoms with Gasteiger partial charge in [0.25, 0.3) is 0 Å². The number of nitrogens with two attached hydrogens (primary N) is 1. The van der Waals surface area contributed by atoms with Crippen molar-refractivity contribution in [2.75, 3.05) is 6.54 Å². The molecule has 0 aliphatic rings. The topological polar surface area (TPSA) is 81.2 Å². The van der Waals surface area contributed by atoms with Crippen LogP contribution in [0.5, 0.6) is 0 Å².